The maximum absolute atomic E-state index is 4.79. The highest BCUT2D eigenvalue weighted by molar-refractivity contribution is 5.80. The minimum atomic E-state index is 0.455. The highest BCUT2D eigenvalue weighted by atomic mass is 15.3. The van der Waals surface area contributed by atoms with Crippen LogP contribution in [0.2, 0.25) is 0 Å². The summed E-state index contributed by atoms with van der Waals surface area (Å²) in [6, 6.07) is 9.65. The second-order valence-corrected chi connectivity index (χ2v) is 7.53. The third-order valence-corrected chi connectivity index (χ3v) is 4.91. The molecule has 5 nitrogen and oxygen atoms in total. The summed E-state index contributed by atoms with van der Waals surface area (Å²) in [5.41, 5.74) is 2.44. The molecule has 0 aromatic heterocycles. The van der Waals surface area contributed by atoms with Crippen molar-refractivity contribution in [3.8, 4) is 0 Å². The van der Waals surface area contributed by atoms with Gasteiger partial charge in [0.15, 0.2) is 5.96 Å². The van der Waals surface area contributed by atoms with Crippen LogP contribution in [-0.2, 0) is 6.54 Å². The maximum Gasteiger partial charge on any atom is 0.191 e. The van der Waals surface area contributed by atoms with Crippen molar-refractivity contribution in [2.45, 2.75) is 46.3 Å². The molecule has 1 fully saturated rings. The Hall–Kier alpha value is -1.75. The molecule has 0 radical (unpaired) electrons. The Morgan fingerprint density at radius 2 is 1.92 bits per heavy atom. The first-order valence-electron chi connectivity index (χ1n) is 9.45. The topological polar surface area (TPSA) is 42.9 Å². The first-order chi connectivity index (χ1) is 11.9. The van der Waals surface area contributed by atoms with E-state index in [4.69, 9.17) is 4.99 Å². The van der Waals surface area contributed by atoms with Crippen LogP contribution >= 0.6 is 0 Å². The molecular formula is C20H35N5. The van der Waals surface area contributed by atoms with E-state index in [1.165, 1.54) is 11.3 Å². The normalized spacial score (nSPS) is 21.6. The molecule has 1 saturated heterocycles. The maximum atomic E-state index is 4.79. The number of likely N-dealkylation sites (tertiary alicyclic amines) is 1. The molecule has 0 spiro atoms. The predicted molar refractivity (Wildman–Crippen MR) is 108 cm³/mol. The lowest BCUT2D eigenvalue weighted by molar-refractivity contribution is 0.265. The van der Waals surface area contributed by atoms with Crippen LogP contribution in [0.3, 0.4) is 0 Å². The third kappa shape index (κ3) is 5.63. The monoisotopic (exact) mass is 345 g/mol. The fourth-order valence-electron chi connectivity index (χ4n) is 3.18. The summed E-state index contributed by atoms with van der Waals surface area (Å²) in [7, 11) is 4.12. The van der Waals surface area contributed by atoms with Crippen molar-refractivity contribution in [1.29, 1.82) is 0 Å². The lowest BCUT2D eigenvalue weighted by Gasteiger charge is -2.22. The SMILES string of the molecule is CCNC(=NCc1ccc(N(C)C)cc1)NC1CN(C(C)C)CC1C. The van der Waals surface area contributed by atoms with Crippen molar-refractivity contribution in [2.24, 2.45) is 10.9 Å². The number of aliphatic imine (C=N–C) groups is 1. The molecule has 2 rings (SSSR count). The molecule has 0 amide bonds. The fourth-order valence-corrected chi connectivity index (χ4v) is 3.18. The van der Waals surface area contributed by atoms with Crippen LogP contribution in [0.4, 0.5) is 5.69 Å². The van der Waals surface area contributed by atoms with Gasteiger partial charge in [0.2, 0.25) is 0 Å². The summed E-state index contributed by atoms with van der Waals surface area (Å²) in [4.78, 5) is 9.43. The van der Waals surface area contributed by atoms with Gasteiger partial charge < -0.3 is 15.5 Å². The van der Waals surface area contributed by atoms with E-state index in [1.807, 2.05) is 0 Å². The Bertz CT molecular complexity index is 550. The molecule has 0 bridgehead atoms. The lowest BCUT2D eigenvalue weighted by Crippen LogP contribution is -2.46. The van der Waals surface area contributed by atoms with Crippen LogP contribution < -0.4 is 15.5 Å². The van der Waals surface area contributed by atoms with E-state index in [1.54, 1.807) is 0 Å². The van der Waals surface area contributed by atoms with Gasteiger partial charge in [0.1, 0.15) is 0 Å². The number of nitrogens with one attached hydrogen (secondary N) is 2. The second-order valence-electron chi connectivity index (χ2n) is 7.53. The minimum absolute atomic E-state index is 0.455. The zero-order valence-electron chi connectivity index (χ0n) is 16.7. The van der Waals surface area contributed by atoms with Gasteiger partial charge in [0.25, 0.3) is 0 Å². The summed E-state index contributed by atoms with van der Waals surface area (Å²) < 4.78 is 0. The van der Waals surface area contributed by atoms with Crippen molar-refractivity contribution in [3.63, 3.8) is 0 Å². The lowest BCUT2D eigenvalue weighted by atomic mass is 10.1. The van der Waals surface area contributed by atoms with E-state index in [0.717, 1.165) is 25.6 Å². The van der Waals surface area contributed by atoms with Crippen LogP contribution in [0.25, 0.3) is 0 Å². The molecule has 2 N–H and O–H groups in total. The number of hydrogen-bond donors (Lipinski definition) is 2. The molecule has 1 aliphatic rings. The summed E-state index contributed by atoms with van der Waals surface area (Å²) >= 11 is 0. The molecule has 2 unspecified atom stereocenters. The van der Waals surface area contributed by atoms with Crippen LogP contribution in [0.15, 0.2) is 29.3 Å². The molecule has 0 saturated carbocycles. The largest absolute Gasteiger partial charge is 0.378 e. The molecular weight excluding hydrogens is 310 g/mol. The summed E-state index contributed by atoms with van der Waals surface area (Å²) in [5.74, 6) is 1.55. The van der Waals surface area contributed by atoms with Crippen LogP contribution in [0, 0.1) is 5.92 Å². The Balaban J connectivity index is 1.98. The molecule has 1 aliphatic heterocycles. The minimum Gasteiger partial charge on any atom is -0.378 e. The van der Waals surface area contributed by atoms with Gasteiger partial charge in [-0.1, -0.05) is 19.1 Å². The Labute approximate surface area is 153 Å². The van der Waals surface area contributed by atoms with E-state index in [-0.39, 0.29) is 0 Å². The van der Waals surface area contributed by atoms with Crippen molar-refractivity contribution >= 4 is 11.6 Å². The number of hydrogen-bond acceptors (Lipinski definition) is 3. The third-order valence-electron chi connectivity index (χ3n) is 4.91. The molecule has 1 heterocycles. The molecule has 1 aromatic carbocycles. The number of benzene rings is 1. The van der Waals surface area contributed by atoms with Crippen molar-refractivity contribution < 1.29 is 0 Å². The van der Waals surface area contributed by atoms with E-state index >= 15 is 0 Å². The van der Waals surface area contributed by atoms with Gasteiger partial charge in [0.05, 0.1) is 6.54 Å². The highest BCUT2D eigenvalue weighted by Crippen LogP contribution is 2.18. The van der Waals surface area contributed by atoms with Crippen LogP contribution in [0.5, 0.6) is 0 Å². The van der Waals surface area contributed by atoms with Crippen molar-refractivity contribution in [3.05, 3.63) is 29.8 Å². The molecule has 25 heavy (non-hydrogen) atoms. The predicted octanol–water partition coefficient (Wildman–Crippen LogP) is 2.54. The summed E-state index contributed by atoms with van der Waals surface area (Å²) in [6.45, 7) is 12.8. The van der Waals surface area contributed by atoms with Gasteiger partial charge in [-0.05, 0) is 44.4 Å². The van der Waals surface area contributed by atoms with Crippen LogP contribution in [0.1, 0.15) is 33.3 Å². The average molecular weight is 346 g/mol. The average Bonchev–Trinajstić information content (AvgIpc) is 2.94. The highest BCUT2D eigenvalue weighted by Gasteiger charge is 2.31. The molecule has 1 aromatic rings. The number of rotatable bonds is 6. The number of anilines is 1. The van der Waals surface area contributed by atoms with E-state index < -0.39 is 0 Å². The fraction of sp³-hybridized carbons (Fsp3) is 0.650. The zero-order chi connectivity index (χ0) is 18.4. The molecule has 0 aliphatic carbocycles. The summed E-state index contributed by atoms with van der Waals surface area (Å²) in [5, 5.41) is 7.03. The van der Waals surface area contributed by atoms with Gasteiger partial charge in [0, 0.05) is 51.5 Å². The zero-order valence-corrected chi connectivity index (χ0v) is 16.7. The molecule has 2 atom stereocenters. The number of guanidine groups is 1. The van der Waals surface area contributed by atoms with E-state index in [9.17, 15) is 0 Å². The smallest absolute Gasteiger partial charge is 0.191 e. The second kappa shape index (κ2) is 9.09. The van der Waals surface area contributed by atoms with Gasteiger partial charge in [-0.2, -0.15) is 0 Å². The Morgan fingerprint density at radius 3 is 2.44 bits per heavy atom. The molecule has 140 valence electrons. The van der Waals surface area contributed by atoms with Crippen molar-refractivity contribution in [1.82, 2.24) is 15.5 Å². The van der Waals surface area contributed by atoms with E-state index in [2.05, 4.69) is 86.5 Å². The Kier molecular flexibility index (Phi) is 7.12. The van der Waals surface area contributed by atoms with Gasteiger partial charge in [-0.25, -0.2) is 4.99 Å². The molecule has 5 heteroatoms. The van der Waals surface area contributed by atoms with Gasteiger partial charge >= 0.3 is 0 Å². The first-order valence-corrected chi connectivity index (χ1v) is 9.45. The van der Waals surface area contributed by atoms with Crippen LogP contribution in [-0.4, -0.2) is 56.7 Å². The standard InChI is InChI=1S/C20H35N5/c1-7-21-20(23-19-14-25(15(2)3)13-16(19)4)22-12-17-8-10-18(11-9-17)24(5)6/h8-11,15-16,19H,7,12-14H2,1-6H3,(H2,21,22,23). The van der Waals surface area contributed by atoms with Gasteiger partial charge in [-0.15, -0.1) is 0 Å². The van der Waals surface area contributed by atoms with E-state index in [0.29, 0.717) is 24.5 Å². The van der Waals surface area contributed by atoms with Gasteiger partial charge in [-0.3, -0.25) is 4.90 Å². The Morgan fingerprint density at radius 1 is 1.24 bits per heavy atom. The summed E-state index contributed by atoms with van der Waals surface area (Å²) in [6.07, 6.45) is 0. The number of nitrogens with zero attached hydrogens (tertiary/aromatic N) is 3. The quantitative estimate of drug-likeness (QED) is 0.614. The van der Waals surface area contributed by atoms with Crippen molar-refractivity contribution in [2.75, 3.05) is 38.6 Å². The first kappa shape index (κ1) is 19.6.